The second-order valence-corrected chi connectivity index (χ2v) is 6.23. The van der Waals surface area contributed by atoms with E-state index < -0.39 is 0 Å². The minimum Gasteiger partial charge on any atom is -0.362 e. The third-order valence-electron chi connectivity index (χ3n) is 4.77. The summed E-state index contributed by atoms with van der Waals surface area (Å²) in [5.74, 6) is 0. The van der Waals surface area contributed by atoms with Crippen LogP contribution < -0.4 is 4.90 Å². The summed E-state index contributed by atoms with van der Waals surface area (Å²) in [4.78, 5) is 2.62. The van der Waals surface area contributed by atoms with E-state index in [-0.39, 0.29) is 1.43 Å². The van der Waals surface area contributed by atoms with Crippen LogP contribution in [0.3, 0.4) is 0 Å². The van der Waals surface area contributed by atoms with Crippen molar-refractivity contribution in [3.8, 4) is 0 Å². The molecule has 1 heterocycles. The Morgan fingerprint density at radius 2 is 2.05 bits per heavy atom. The lowest BCUT2D eigenvalue weighted by Gasteiger charge is -2.36. The number of aromatic amines is 1. The molecule has 0 bridgehead atoms. The Bertz CT molecular complexity index is 585. The van der Waals surface area contributed by atoms with Gasteiger partial charge in [0.2, 0.25) is 0 Å². The van der Waals surface area contributed by atoms with E-state index in [9.17, 15) is 0 Å². The van der Waals surface area contributed by atoms with Crippen LogP contribution >= 0.6 is 0 Å². The van der Waals surface area contributed by atoms with Gasteiger partial charge in [0.05, 0.1) is 12.2 Å². The number of benzene rings is 1. The lowest BCUT2D eigenvalue weighted by atomic mass is 9.99. The first-order valence-corrected chi connectivity index (χ1v) is 8.66. The quantitative estimate of drug-likeness (QED) is 0.724. The molecule has 1 atom stereocenters. The highest BCUT2D eigenvalue weighted by Crippen LogP contribution is 2.30. The topological polar surface area (TPSA) is 24.0 Å². The zero-order chi connectivity index (χ0) is 16.1. The lowest BCUT2D eigenvalue weighted by molar-refractivity contribution is 0.502. The summed E-state index contributed by atoms with van der Waals surface area (Å²) in [6.45, 7) is 10.1. The number of hydrogen-bond acceptors (Lipinski definition) is 1. The van der Waals surface area contributed by atoms with E-state index in [2.05, 4.69) is 73.8 Å². The van der Waals surface area contributed by atoms with Crippen LogP contribution in [0.25, 0.3) is 0 Å². The number of rotatable bonds is 8. The largest absolute Gasteiger partial charge is 0.362 e. The first kappa shape index (κ1) is 16.7. The van der Waals surface area contributed by atoms with E-state index in [0.29, 0.717) is 6.04 Å². The molecular formula is C19H33N3. The zero-order valence-electron chi connectivity index (χ0n) is 14.8. The van der Waals surface area contributed by atoms with Gasteiger partial charge < -0.3 is 10.00 Å². The standard InChI is InChI=1S/C19H31N3.H2/c1-6-10-16(7-2)22(14-17-13-20-21(17)5)19-12-9-11-15(4)18(19)8-3;/h9,11-13,16,20H,6-8,10,14H2,1-5H3;1H. The zero-order valence-corrected chi connectivity index (χ0v) is 14.8. The molecule has 1 unspecified atom stereocenters. The minimum absolute atomic E-state index is 0. The van der Waals surface area contributed by atoms with Crippen LogP contribution in [0.15, 0.2) is 24.4 Å². The highest BCUT2D eigenvalue weighted by molar-refractivity contribution is 5.57. The molecule has 1 N–H and O–H groups in total. The highest BCUT2D eigenvalue weighted by Gasteiger charge is 2.21. The minimum atomic E-state index is 0. The van der Waals surface area contributed by atoms with Crippen molar-refractivity contribution in [2.75, 3.05) is 4.90 Å². The first-order valence-electron chi connectivity index (χ1n) is 8.66. The fourth-order valence-corrected chi connectivity index (χ4v) is 3.35. The predicted molar refractivity (Wildman–Crippen MR) is 97.6 cm³/mol. The van der Waals surface area contributed by atoms with Gasteiger partial charge >= 0.3 is 0 Å². The lowest BCUT2D eigenvalue weighted by Crippen LogP contribution is -2.37. The molecule has 0 amide bonds. The Balaban J connectivity index is 0.00000264. The normalized spacial score (nSPS) is 12.6. The number of nitrogens with one attached hydrogen (secondary N) is 1. The van der Waals surface area contributed by atoms with Gasteiger partial charge in [0.1, 0.15) is 0 Å². The maximum absolute atomic E-state index is 3.19. The highest BCUT2D eigenvalue weighted by atomic mass is 15.3. The molecule has 0 saturated heterocycles. The van der Waals surface area contributed by atoms with E-state index in [1.807, 2.05) is 0 Å². The maximum Gasteiger partial charge on any atom is 0.0711 e. The van der Waals surface area contributed by atoms with Gasteiger partial charge in [-0.25, -0.2) is 0 Å². The van der Waals surface area contributed by atoms with Gasteiger partial charge in [-0.1, -0.05) is 39.3 Å². The Hall–Kier alpha value is -1.64. The average Bonchev–Trinajstić information content (AvgIpc) is 2.52. The number of hydrogen-bond donors (Lipinski definition) is 1. The molecule has 0 aliphatic carbocycles. The first-order chi connectivity index (χ1) is 10.6. The van der Waals surface area contributed by atoms with Gasteiger partial charge in [-0.2, -0.15) is 0 Å². The van der Waals surface area contributed by atoms with Gasteiger partial charge in [-0.05, 0) is 43.4 Å². The molecule has 3 nitrogen and oxygen atoms in total. The van der Waals surface area contributed by atoms with Crippen molar-refractivity contribution in [3.63, 3.8) is 0 Å². The molecule has 1 aromatic carbocycles. The molecule has 1 aromatic heterocycles. The molecular weight excluding hydrogens is 270 g/mol. The molecule has 0 radical (unpaired) electrons. The van der Waals surface area contributed by atoms with Crippen LogP contribution in [0.1, 0.15) is 58.3 Å². The van der Waals surface area contributed by atoms with E-state index in [4.69, 9.17) is 0 Å². The number of H-pyrrole nitrogens is 1. The average molecular weight is 303 g/mol. The molecule has 0 aliphatic heterocycles. The van der Waals surface area contributed by atoms with Crippen molar-refractivity contribution in [2.24, 2.45) is 7.05 Å². The van der Waals surface area contributed by atoms with Crippen LogP contribution in [-0.4, -0.2) is 15.8 Å². The number of anilines is 1. The van der Waals surface area contributed by atoms with Crippen molar-refractivity contribution in [2.45, 2.75) is 66.0 Å². The Morgan fingerprint density at radius 1 is 1.27 bits per heavy atom. The molecule has 0 spiro atoms. The molecule has 0 fully saturated rings. The fraction of sp³-hybridized carbons (Fsp3) is 0.579. The molecule has 124 valence electrons. The third-order valence-corrected chi connectivity index (χ3v) is 4.77. The number of aryl methyl sites for hydroxylation is 2. The van der Waals surface area contributed by atoms with Gasteiger partial charge in [-0.15, -0.1) is 0 Å². The van der Waals surface area contributed by atoms with Gasteiger partial charge in [-0.3, -0.25) is 4.68 Å². The number of aromatic nitrogens is 2. The fourth-order valence-electron chi connectivity index (χ4n) is 3.35. The van der Waals surface area contributed by atoms with Crippen LogP contribution in [-0.2, 0) is 20.0 Å². The molecule has 0 saturated carbocycles. The van der Waals surface area contributed by atoms with Crippen molar-refractivity contribution in [1.29, 1.82) is 0 Å². The monoisotopic (exact) mass is 303 g/mol. The summed E-state index contributed by atoms with van der Waals surface area (Å²) < 4.78 is 2.12. The number of nitrogens with zero attached hydrogens (tertiary/aromatic N) is 2. The van der Waals surface area contributed by atoms with E-state index >= 15 is 0 Å². The third kappa shape index (κ3) is 3.40. The van der Waals surface area contributed by atoms with Gasteiger partial charge in [0.15, 0.2) is 0 Å². The summed E-state index contributed by atoms with van der Waals surface area (Å²) in [6.07, 6.45) is 6.88. The van der Waals surface area contributed by atoms with E-state index in [0.717, 1.165) is 13.0 Å². The summed E-state index contributed by atoms with van der Waals surface area (Å²) >= 11 is 0. The van der Waals surface area contributed by atoms with Crippen LogP contribution in [0.2, 0.25) is 0 Å². The molecule has 3 heteroatoms. The van der Waals surface area contributed by atoms with Crippen molar-refractivity contribution >= 4 is 5.69 Å². The van der Waals surface area contributed by atoms with Crippen LogP contribution in [0, 0.1) is 6.92 Å². The Morgan fingerprint density at radius 3 is 2.55 bits per heavy atom. The summed E-state index contributed by atoms with van der Waals surface area (Å²) in [7, 11) is 2.09. The molecule has 2 rings (SSSR count). The summed E-state index contributed by atoms with van der Waals surface area (Å²) in [5, 5.41) is 3.19. The van der Waals surface area contributed by atoms with Crippen molar-refractivity contribution in [3.05, 3.63) is 41.2 Å². The predicted octanol–water partition coefficient (Wildman–Crippen LogP) is 5.06. The second-order valence-electron chi connectivity index (χ2n) is 6.23. The van der Waals surface area contributed by atoms with Crippen molar-refractivity contribution in [1.82, 2.24) is 9.78 Å². The SMILES string of the molecule is CCCC(CC)N(Cc1c[nH]n1C)c1cccc(C)c1CC.[HH]. The second kappa shape index (κ2) is 7.57. The van der Waals surface area contributed by atoms with Crippen LogP contribution in [0.4, 0.5) is 5.69 Å². The summed E-state index contributed by atoms with van der Waals surface area (Å²) in [5.41, 5.74) is 5.68. The van der Waals surface area contributed by atoms with E-state index in [1.165, 1.54) is 41.8 Å². The van der Waals surface area contributed by atoms with E-state index in [1.54, 1.807) is 0 Å². The molecule has 0 aliphatic rings. The molecule has 2 aromatic rings. The van der Waals surface area contributed by atoms with Crippen molar-refractivity contribution < 1.29 is 1.43 Å². The smallest absolute Gasteiger partial charge is 0.0711 e. The Kier molecular flexibility index (Phi) is 5.76. The van der Waals surface area contributed by atoms with Gasteiger partial charge in [0.25, 0.3) is 0 Å². The van der Waals surface area contributed by atoms with Crippen LogP contribution in [0.5, 0.6) is 0 Å². The molecule has 22 heavy (non-hydrogen) atoms. The maximum atomic E-state index is 3.19. The Labute approximate surface area is 136 Å². The van der Waals surface area contributed by atoms with Gasteiger partial charge in [0, 0.05) is 26.4 Å². The summed E-state index contributed by atoms with van der Waals surface area (Å²) in [6, 6.07) is 7.34.